The standard InChI is InChI=1S/C15H30O5/c1-13(2,3)7-11(18)15(20,9-14(4,5)6)12(19)10(17)8-16/h10,12,16-17,19-20H,7-9H2,1-6H3. The van der Waals surface area contributed by atoms with Crippen molar-refractivity contribution in [3.63, 3.8) is 0 Å². The van der Waals surface area contributed by atoms with Gasteiger partial charge in [-0.1, -0.05) is 41.5 Å². The van der Waals surface area contributed by atoms with E-state index in [4.69, 9.17) is 5.11 Å². The van der Waals surface area contributed by atoms with Crippen LogP contribution in [0.5, 0.6) is 0 Å². The van der Waals surface area contributed by atoms with Crippen molar-refractivity contribution in [1.82, 2.24) is 0 Å². The number of hydrogen-bond donors (Lipinski definition) is 4. The summed E-state index contributed by atoms with van der Waals surface area (Å²) >= 11 is 0. The van der Waals surface area contributed by atoms with Crippen molar-refractivity contribution in [2.24, 2.45) is 10.8 Å². The Bertz CT molecular complexity index is 326. The SMILES string of the molecule is CC(C)(C)CC(=O)C(O)(CC(C)(C)C)C(O)C(O)CO. The topological polar surface area (TPSA) is 98.0 Å². The van der Waals surface area contributed by atoms with Crippen LogP contribution in [0.4, 0.5) is 0 Å². The summed E-state index contributed by atoms with van der Waals surface area (Å²) in [7, 11) is 0. The molecule has 0 aromatic carbocycles. The lowest BCUT2D eigenvalue weighted by atomic mass is 9.72. The Morgan fingerprint density at radius 1 is 1.00 bits per heavy atom. The lowest BCUT2D eigenvalue weighted by Gasteiger charge is -2.39. The summed E-state index contributed by atoms with van der Waals surface area (Å²) in [6.45, 7) is 10.4. The second-order valence-electron chi connectivity index (χ2n) is 8.02. The number of rotatable bonds is 6. The van der Waals surface area contributed by atoms with Gasteiger partial charge < -0.3 is 20.4 Å². The number of ketones is 1. The Balaban J connectivity index is 5.41. The number of aliphatic hydroxyl groups is 4. The molecule has 0 saturated carbocycles. The Morgan fingerprint density at radius 3 is 1.75 bits per heavy atom. The lowest BCUT2D eigenvalue weighted by Crippen LogP contribution is -2.57. The van der Waals surface area contributed by atoms with Crippen LogP contribution in [0.2, 0.25) is 0 Å². The third-order valence-electron chi connectivity index (χ3n) is 3.01. The number of carbonyl (C=O) groups excluding carboxylic acids is 1. The van der Waals surface area contributed by atoms with E-state index in [1.165, 1.54) is 0 Å². The first-order valence-electron chi connectivity index (χ1n) is 6.95. The van der Waals surface area contributed by atoms with E-state index in [9.17, 15) is 20.1 Å². The summed E-state index contributed by atoms with van der Waals surface area (Å²) in [4.78, 5) is 12.4. The van der Waals surface area contributed by atoms with Gasteiger partial charge in [-0.05, 0) is 17.3 Å². The minimum absolute atomic E-state index is 0.00708. The fraction of sp³-hybridized carbons (Fsp3) is 0.933. The molecule has 3 unspecified atom stereocenters. The van der Waals surface area contributed by atoms with E-state index in [0.717, 1.165) is 0 Å². The van der Waals surface area contributed by atoms with Gasteiger partial charge in [0.15, 0.2) is 11.4 Å². The summed E-state index contributed by atoms with van der Waals surface area (Å²) < 4.78 is 0. The molecule has 0 aliphatic carbocycles. The highest BCUT2D eigenvalue weighted by atomic mass is 16.4. The number of hydrogen-bond acceptors (Lipinski definition) is 5. The maximum Gasteiger partial charge on any atom is 0.167 e. The molecule has 0 rings (SSSR count). The van der Waals surface area contributed by atoms with Crippen LogP contribution < -0.4 is 0 Å². The maximum atomic E-state index is 12.4. The van der Waals surface area contributed by atoms with Gasteiger partial charge in [-0.2, -0.15) is 0 Å². The molecule has 0 heterocycles. The van der Waals surface area contributed by atoms with Crippen LogP contribution in [0.1, 0.15) is 54.4 Å². The second-order valence-corrected chi connectivity index (χ2v) is 8.02. The first-order chi connectivity index (χ1) is 8.73. The molecule has 120 valence electrons. The molecular formula is C15H30O5. The zero-order valence-corrected chi connectivity index (χ0v) is 13.5. The molecule has 0 amide bonds. The molecule has 3 atom stereocenters. The molecule has 0 saturated heterocycles. The molecule has 0 aliphatic rings. The van der Waals surface area contributed by atoms with Crippen molar-refractivity contribution in [2.45, 2.75) is 72.2 Å². The largest absolute Gasteiger partial charge is 0.394 e. The number of carbonyl (C=O) groups is 1. The van der Waals surface area contributed by atoms with Crippen LogP contribution >= 0.6 is 0 Å². The zero-order chi connectivity index (χ0) is 16.4. The van der Waals surface area contributed by atoms with E-state index in [2.05, 4.69) is 0 Å². The average molecular weight is 290 g/mol. The monoisotopic (exact) mass is 290 g/mol. The molecule has 5 heteroatoms. The zero-order valence-electron chi connectivity index (χ0n) is 13.5. The van der Waals surface area contributed by atoms with Crippen molar-refractivity contribution in [3.05, 3.63) is 0 Å². The Kier molecular flexibility index (Phi) is 6.36. The molecule has 0 aromatic heterocycles. The molecular weight excluding hydrogens is 260 g/mol. The van der Waals surface area contributed by atoms with Crippen LogP contribution in [0, 0.1) is 10.8 Å². The van der Waals surface area contributed by atoms with Gasteiger partial charge in [0.1, 0.15) is 12.2 Å². The number of aliphatic hydroxyl groups excluding tert-OH is 3. The summed E-state index contributed by atoms with van der Waals surface area (Å²) in [5.41, 5.74) is -2.82. The van der Waals surface area contributed by atoms with Crippen LogP contribution in [-0.2, 0) is 4.79 Å². The summed E-state index contributed by atoms with van der Waals surface area (Å²) in [5, 5.41) is 39.3. The molecule has 0 bridgehead atoms. The van der Waals surface area contributed by atoms with E-state index in [1.807, 2.05) is 41.5 Å². The minimum Gasteiger partial charge on any atom is -0.394 e. The van der Waals surface area contributed by atoms with Gasteiger partial charge in [0.25, 0.3) is 0 Å². The smallest absolute Gasteiger partial charge is 0.167 e. The highest BCUT2D eigenvalue weighted by molar-refractivity contribution is 5.88. The van der Waals surface area contributed by atoms with Gasteiger partial charge >= 0.3 is 0 Å². The van der Waals surface area contributed by atoms with Crippen molar-refractivity contribution in [3.8, 4) is 0 Å². The average Bonchev–Trinajstić information content (AvgIpc) is 2.22. The van der Waals surface area contributed by atoms with Crippen molar-refractivity contribution < 1.29 is 25.2 Å². The lowest BCUT2D eigenvalue weighted by molar-refractivity contribution is -0.173. The fourth-order valence-electron chi connectivity index (χ4n) is 2.23. The van der Waals surface area contributed by atoms with Gasteiger partial charge in [0.2, 0.25) is 0 Å². The van der Waals surface area contributed by atoms with Crippen molar-refractivity contribution >= 4 is 5.78 Å². The normalized spacial score (nSPS) is 19.3. The van der Waals surface area contributed by atoms with Crippen LogP contribution in [0.15, 0.2) is 0 Å². The number of Topliss-reactive ketones (excluding diaryl/α,β-unsaturated/α-hetero) is 1. The van der Waals surface area contributed by atoms with E-state index in [1.54, 1.807) is 0 Å². The van der Waals surface area contributed by atoms with E-state index in [-0.39, 0.29) is 18.3 Å². The molecule has 0 aliphatic heterocycles. The van der Waals surface area contributed by atoms with Crippen LogP contribution in [0.3, 0.4) is 0 Å². The molecule has 4 N–H and O–H groups in total. The molecule has 5 nitrogen and oxygen atoms in total. The third-order valence-corrected chi connectivity index (χ3v) is 3.01. The predicted molar refractivity (Wildman–Crippen MR) is 77.2 cm³/mol. The predicted octanol–water partition coefficient (Wildman–Crippen LogP) is 0.873. The second kappa shape index (κ2) is 6.52. The third kappa shape index (κ3) is 5.87. The van der Waals surface area contributed by atoms with Gasteiger partial charge in [-0.15, -0.1) is 0 Å². The molecule has 0 aromatic rings. The van der Waals surface area contributed by atoms with Gasteiger partial charge in [-0.3, -0.25) is 4.79 Å². The summed E-state index contributed by atoms with van der Waals surface area (Å²) in [6.07, 6.45) is -3.17. The van der Waals surface area contributed by atoms with Crippen LogP contribution in [-0.4, -0.2) is 50.6 Å². The maximum absolute atomic E-state index is 12.4. The van der Waals surface area contributed by atoms with Crippen molar-refractivity contribution in [1.29, 1.82) is 0 Å². The Morgan fingerprint density at radius 2 is 1.45 bits per heavy atom. The Labute approximate surface area is 121 Å². The highest BCUT2D eigenvalue weighted by Gasteiger charge is 2.48. The van der Waals surface area contributed by atoms with Gasteiger partial charge in [0.05, 0.1) is 6.61 Å². The summed E-state index contributed by atoms with van der Waals surface area (Å²) in [6, 6.07) is 0. The minimum atomic E-state index is -2.06. The molecule has 20 heavy (non-hydrogen) atoms. The Hall–Kier alpha value is -0.490. The van der Waals surface area contributed by atoms with E-state index < -0.39 is 35.6 Å². The molecule has 0 spiro atoms. The fourth-order valence-corrected chi connectivity index (χ4v) is 2.23. The van der Waals surface area contributed by atoms with Crippen LogP contribution in [0.25, 0.3) is 0 Å². The van der Waals surface area contributed by atoms with E-state index in [0.29, 0.717) is 0 Å². The summed E-state index contributed by atoms with van der Waals surface area (Å²) in [5.74, 6) is -0.514. The van der Waals surface area contributed by atoms with E-state index >= 15 is 0 Å². The molecule has 0 radical (unpaired) electrons. The quantitative estimate of drug-likeness (QED) is 0.582. The van der Waals surface area contributed by atoms with Gasteiger partial charge in [0, 0.05) is 6.42 Å². The molecule has 0 fully saturated rings. The first kappa shape index (κ1) is 19.5. The van der Waals surface area contributed by atoms with Gasteiger partial charge in [-0.25, -0.2) is 0 Å². The van der Waals surface area contributed by atoms with Crippen molar-refractivity contribution in [2.75, 3.05) is 6.61 Å². The first-order valence-corrected chi connectivity index (χ1v) is 6.95. The highest BCUT2D eigenvalue weighted by Crippen LogP contribution is 2.34.